The summed E-state index contributed by atoms with van der Waals surface area (Å²) in [6, 6.07) is 18.2. The Morgan fingerprint density at radius 2 is 1.85 bits per heavy atom. The molecule has 104 valence electrons. The fourth-order valence-electron chi connectivity index (χ4n) is 2.19. The lowest BCUT2D eigenvalue weighted by atomic mass is 10.1. The topological polar surface area (TPSA) is 29.1 Å². The number of aryl methyl sites for hydroxylation is 2. The summed E-state index contributed by atoms with van der Waals surface area (Å²) in [5.41, 5.74) is 3.15. The van der Waals surface area contributed by atoms with Gasteiger partial charge in [0.1, 0.15) is 0 Å². The zero-order valence-electron chi connectivity index (χ0n) is 12.1. The highest BCUT2D eigenvalue weighted by Crippen LogP contribution is 2.07. The van der Waals surface area contributed by atoms with Crippen LogP contribution in [0.3, 0.4) is 0 Å². The van der Waals surface area contributed by atoms with Gasteiger partial charge in [-0.05, 0) is 44.4 Å². The highest BCUT2D eigenvalue weighted by atomic mass is 16.1. The molecule has 0 saturated heterocycles. The SMILES string of the molecule is Cc1cccc(C(=O)NC(C)CCc2ccccc2)c1. The summed E-state index contributed by atoms with van der Waals surface area (Å²) in [6.07, 6.45) is 1.93. The van der Waals surface area contributed by atoms with E-state index < -0.39 is 0 Å². The number of carbonyl (C=O) groups excluding carboxylic acids is 1. The molecule has 0 radical (unpaired) electrons. The van der Waals surface area contributed by atoms with Crippen molar-refractivity contribution < 1.29 is 4.79 Å². The molecule has 2 heteroatoms. The number of carbonyl (C=O) groups is 1. The first kappa shape index (κ1) is 14.3. The molecular weight excluding hydrogens is 246 g/mol. The minimum atomic E-state index is 0.00858. The van der Waals surface area contributed by atoms with Crippen molar-refractivity contribution in [3.63, 3.8) is 0 Å². The molecule has 2 rings (SSSR count). The molecule has 0 aliphatic heterocycles. The molecule has 0 fully saturated rings. The van der Waals surface area contributed by atoms with Crippen LogP contribution in [-0.4, -0.2) is 11.9 Å². The summed E-state index contributed by atoms with van der Waals surface area (Å²) in [7, 11) is 0. The van der Waals surface area contributed by atoms with E-state index in [-0.39, 0.29) is 11.9 Å². The maximum atomic E-state index is 12.1. The van der Waals surface area contributed by atoms with E-state index in [0.717, 1.165) is 24.0 Å². The summed E-state index contributed by atoms with van der Waals surface area (Å²) in [4.78, 5) is 12.1. The Kier molecular flexibility index (Phi) is 4.94. The minimum Gasteiger partial charge on any atom is -0.350 e. The molecule has 0 saturated carbocycles. The molecule has 1 unspecified atom stereocenters. The second-order valence-corrected chi connectivity index (χ2v) is 5.27. The van der Waals surface area contributed by atoms with Crippen molar-refractivity contribution in [3.05, 3.63) is 71.3 Å². The Morgan fingerprint density at radius 1 is 1.10 bits per heavy atom. The van der Waals surface area contributed by atoms with Crippen LogP contribution in [0.5, 0.6) is 0 Å². The first-order chi connectivity index (χ1) is 9.65. The maximum absolute atomic E-state index is 12.1. The van der Waals surface area contributed by atoms with E-state index in [1.165, 1.54) is 5.56 Å². The molecular formula is C18H21NO. The van der Waals surface area contributed by atoms with Crippen LogP contribution in [-0.2, 0) is 6.42 Å². The Labute approximate surface area is 120 Å². The molecule has 1 atom stereocenters. The van der Waals surface area contributed by atoms with Gasteiger partial charge in [0, 0.05) is 11.6 Å². The van der Waals surface area contributed by atoms with Crippen LogP contribution in [0.2, 0.25) is 0 Å². The number of benzene rings is 2. The molecule has 0 heterocycles. The van der Waals surface area contributed by atoms with Gasteiger partial charge in [0.2, 0.25) is 0 Å². The number of amides is 1. The molecule has 0 spiro atoms. The molecule has 20 heavy (non-hydrogen) atoms. The van der Waals surface area contributed by atoms with Gasteiger partial charge in [-0.25, -0.2) is 0 Å². The van der Waals surface area contributed by atoms with Gasteiger partial charge >= 0.3 is 0 Å². The zero-order valence-corrected chi connectivity index (χ0v) is 12.1. The lowest BCUT2D eigenvalue weighted by Gasteiger charge is -2.14. The second-order valence-electron chi connectivity index (χ2n) is 5.27. The standard InChI is InChI=1S/C18H21NO/c1-14-7-6-10-17(13-14)18(20)19-15(2)11-12-16-8-4-3-5-9-16/h3-10,13,15H,11-12H2,1-2H3,(H,19,20). The van der Waals surface area contributed by atoms with Gasteiger partial charge in [-0.2, -0.15) is 0 Å². The third kappa shape index (κ3) is 4.23. The van der Waals surface area contributed by atoms with Crippen LogP contribution < -0.4 is 5.32 Å². The third-order valence-electron chi connectivity index (χ3n) is 3.37. The van der Waals surface area contributed by atoms with Crippen molar-refractivity contribution in [2.24, 2.45) is 0 Å². The molecule has 0 aromatic heterocycles. The Balaban J connectivity index is 1.85. The summed E-state index contributed by atoms with van der Waals surface area (Å²) in [5, 5.41) is 3.05. The molecule has 1 amide bonds. The van der Waals surface area contributed by atoms with Gasteiger partial charge in [-0.15, -0.1) is 0 Å². The third-order valence-corrected chi connectivity index (χ3v) is 3.37. The summed E-state index contributed by atoms with van der Waals surface area (Å²) >= 11 is 0. The number of hydrogen-bond acceptors (Lipinski definition) is 1. The Morgan fingerprint density at radius 3 is 2.55 bits per heavy atom. The summed E-state index contributed by atoms with van der Waals surface area (Å²) < 4.78 is 0. The zero-order chi connectivity index (χ0) is 14.4. The van der Waals surface area contributed by atoms with E-state index in [1.807, 2.05) is 49.4 Å². The largest absolute Gasteiger partial charge is 0.350 e. The van der Waals surface area contributed by atoms with Crippen molar-refractivity contribution in [1.82, 2.24) is 5.32 Å². The van der Waals surface area contributed by atoms with Gasteiger partial charge in [0.15, 0.2) is 0 Å². The van der Waals surface area contributed by atoms with Crippen LogP contribution in [0.15, 0.2) is 54.6 Å². The fourth-order valence-corrected chi connectivity index (χ4v) is 2.19. The van der Waals surface area contributed by atoms with Crippen LogP contribution in [0.25, 0.3) is 0 Å². The van der Waals surface area contributed by atoms with Gasteiger partial charge in [0.25, 0.3) is 5.91 Å². The van der Waals surface area contributed by atoms with Gasteiger partial charge < -0.3 is 5.32 Å². The normalized spacial score (nSPS) is 11.9. The summed E-state index contributed by atoms with van der Waals surface area (Å²) in [5.74, 6) is 0.00858. The lowest BCUT2D eigenvalue weighted by molar-refractivity contribution is 0.0938. The maximum Gasteiger partial charge on any atom is 0.251 e. The van der Waals surface area contributed by atoms with Gasteiger partial charge in [-0.3, -0.25) is 4.79 Å². The molecule has 0 aliphatic rings. The highest BCUT2D eigenvalue weighted by molar-refractivity contribution is 5.94. The van der Waals surface area contributed by atoms with E-state index in [9.17, 15) is 4.79 Å². The van der Waals surface area contributed by atoms with Crippen molar-refractivity contribution in [2.75, 3.05) is 0 Å². The van der Waals surface area contributed by atoms with E-state index in [2.05, 4.69) is 24.4 Å². The lowest BCUT2D eigenvalue weighted by Crippen LogP contribution is -2.32. The van der Waals surface area contributed by atoms with E-state index in [0.29, 0.717) is 0 Å². The van der Waals surface area contributed by atoms with Crippen LogP contribution in [0.4, 0.5) is 0 Å². The monoisotopic (exact) mass is 267 g/mol. The minimum absolute atomic E-state index is 0.00858. The smallest absolute Gasteiger partial charge is 0.251 e. The molecule has 2 nitrogen and oxygen atoms in total. The van der Waals surface area contributed by atoms with Crippen molar-refractivity contribution in [3.8, 4) is 0 Å². The van der Waals surface area contributed by atoms with E-state index in [4.69, 9.17) is 0 Å². The average molecular weight is 267 g/mol. The van der Waals surface area contributed by atoms with Crippen LogP contribution >= 0.6 is 0 Å². The van der Waals surface area contributed by atoms with Gasteiger partial charge in [-0.1, -0.05) is 48.0 Å². The van der Waals surface area contributed by atoms with E-state index in [1.54, 1.807) is 0 Å². The number of hydrogen-bond donors (Lipinski definition) is 1. The molecule has 1 N–H and O–H groups in total. The Hall–Kier alpha value is -2.09. The average Bonchev–Trinajstić information content (AvgIpc) is 2.46. The van der Waals surface area contributed by atoms with Gasteiger partial charge in [0.05, 0.1) is 0 Å². The van der Waals surface area contributed by atoms with Crippen LogP contribution in [0, 0.1) is 6.92 Å². The molecule has 2 aromatic rings. The van der Waals surface area contributed by atoms with Crippen molar-refractivity contribution in [2.45, 2.75) is 32.7 Å². The molecule has 0 bridgehead atoms. The number of rotatable bonds is 5. The highest BCUT2D eigenvalue weighted by Gasteiger charge is 2.09. The number of nitrogens with one attached hydrogen (secondary N) is 1. The predicted octanol–water partition coefficient (Wildman–Crippen LogP) is 3.75. The van der Waals surface area contributed by atoms with Crippen molar-refractivity contribution in [1.29, 1.82) is 0 Å². The van der Waals surface area contributed by atoms with E-state index >= 15 is 0 Å². The fraction of sp³-hybridized carbons (Fsp3) is 0.278. The molecule has 2 aromatic carbocycles. The quantitative estimate of drug-likeness (QED) is 0.878. The Bertz CT molecular complexity index is 563. The second kappa shape index (κ2) is 6.90. The molecule has 0 aliphatic carbocycles. The van der Waals surface area contributed by atoms with Crippen LogP contribution in [0.1, 0.15) is 34.8 Å². The first-order valence-electron chi connectivity index (χ1n) is 7.06. The van der Waals surface area contributed by atoms with Crippen molar-refractivity contribution >= 4 is 5.91 Å². The predicted molar refractivity (Wildman–Crippen MR) is 82.9 cm³/mol. The first-order valence-corrected chi connectivity index (χ1v) is 7.06. The summed E-state index contributed by atoms with van der Waals surface area (Å²) in [6.45, 7) is 4.05.